The van der Waals surface area contributed by atoms with Crippen LogP contribution in [0, 0.1) is 0 Å². The summed E-state index contributed by atoms with van der Waals surface area (Å²) in [5, 5.41) is 2.91. The maximum absolute atomic E-state index is 11.3. The predicted octanol–water partition coefficient (Wildman–Crippen LogP) is 2.42. The van der Waals surface area contributed by atoms with Gasteiger partial charge in [0.05, 0.1) is 0 Å². The van der Waals surface area contributed by atoms with E-state index < -0.39 is 0 Å². The molecule has 7 heteroatoms. The lowest BCUT2D eigenvalue weighted by Crippen LogP contribution is -2.24. The molecule has 0 aromatic carbocycles. The van der Waals surface area contributed by atoms with Crippen LogP contribution in [0.3, 0.4) is 0 Å². The molecule has 0 fully saturated rings. The number of halogens is 3. The van der Waals surface area contributed by atoms with Crippen LogP contribution in [0.15, 0.2) is 0 Å². The van der Waals surface area contributed by atoms with Crippen LogP contribution >= 0.6 is 46.3 Å². The van der Waals surface area contributed by atoms with Gasteiger partial charge in [0, 0.05) is 12.4 Å². The molecule has 0 unspecified atom stereocenters. The Kier molecular flexibility index (Phi) is 4.25. The van der Waals surface area contributed by atoms with Crippen LogP contribution in [0.5, 0.6) is 0 Å². The van der Waals surface area contributed by atoms with E-state index in [2.05, 4.69) is 9.69 Å². The number of aromatic nitrogens is 1. The molecular weight excluding hydrogens is 255 g/mol. The molecule has 1 aromatic heterocycles. The number of nitrogens with one attached hydrogen (secondary N) is 1. The Morgan fingerprint density at radius 2 is 2.23 bits per heavy atom. The van der Waals surface area contributed by atoms with Gasteiger partial charge in [-0.3, -0.25) is 4.79 Å². The molecule has 3 nitrogen and oxygen atoms in total. The van der Waals surface area contributed by atoms with Crippen LogP contribution in [0.25, 0.3) is 0 Å². The van der Waals surface area contributed by atoms with Gasteiger partial charge < -0.3 is 5.32 Å². The Bertz CT molecular complexity index is 315. The van der Waals surface area contributed by atoms with Crippen LogP contribution in [0.2, 0.25) is 10.2 Å². The summed E-state index contributed by atoms with van der Waals surface area (Å²) in [4.78, 5) is 11.6. The van der Waals surface area contributed by atoms with Crippen LogP contribution < -0.4 is 5.32 Å². The molecule has 1 heterocycles. The van der Waals surface area contributed by atoms with Gasteiger partial charge in [0.1, 0.15) is 9.90 Å². The molecule has 0 saturated carbocycles. The Labute approximate surface area is 94.1 Å². The number of carbonyl (C=O) groups excluding carboxylic acids is 1. The Morgan fingerprint density at radius 3 is 2.69 bits per heavy atom. The summed E-state index contributed by atoms with van der Waals surface area (Å²) in [5.74, 6) is 0.0608. The number of rotatable bonds is 3. The van der Waals surface area contributed by atoms with E-state index in [1.807, 2.05) is 0 Å². The number of hydrogen-bond acceptors (Lipinski definition) is 3. The standard InChI is InChI=1S/C6H5Cl3N2OS/c7-1-2-10-6(12)4-3(8)5(9)11-13-4/h1-2H2,(H,10,12). The van der Waals surface area contributed by atoms with E-state index >= 15 is 0 Å². The molecule has 0 radical (unpaired) electrons. The molecule has 0 saturated heterocycles. The maximum atomic E-state index is 11.3. The van der Waals surface area contributed by atoms with Crippen molar-refractivity contribution < 1.29 is 4.79 Å². The third-order valence-electron chi connectivity index (χ3n) is 1.18. The summed E-state index contributed by atoms with van der Waals surface area (Å²) in [5.41, 5.74) is 0. The topological polar surface area (TPSA) is 42.0 Å². The molecule has 0 bridgehead atoms. The number of nitrogens with zero attached hydrogens (tertiary/aromatic N) is 1. The summed E-state index contributed by atoms with van der Waals surface area (Å²) in [6.07, 6.45) is 0. The van der Waals surface area contributed by atoms with Gasteiger partial charge in [0.15, 0.2) is 5.15 Å². The highest BCUT2D eigenvalue weighted by molar-refractivity contribution is 7.09. The van der Waals surface area contributed by atoms with E-state index in [-0.39, 0.29) is 16.1 Å². The number of amides is 1. The molecule has 0 spiro atoms. The minimum Gasteiger partial charge on any atom is -0.350 e. The first-order chi connectivity index (χ1) is 6.16. The number of hydrogen-bond donors (Lipinski definition) is 1. The molecule has 1 amide bonds. The van der Waals surface area contributed by atoms with Crippen LogP contribution in [0.4, 0.5) is 0 Å². The highest BCUT2D eigenvalue weighted by Crippen LogP contribution is 2.28. The molecule has 0 aliphatic carbocycles. The highest BCUT2D eigenvalue weighted by Gasteiger charge is 2.16. The van der Waals surface area contributed by atoms with Gasteiger partial charge >= 0.3 is 0 Å². The van der Waals surface area contributed by atoms with Crippen molar-refractivity contribution in [1.82, 2.24) is 9.69 Å². The zero-order chi connectivity index (χ0) is 9.84. The van der Waals surface area contributed by atoms with Crippen molar-refractivity contribution in [2.45, 2.75) is 0 Å². The number of carbonyl (C=O) groups is 1. The van der Waals surface area contributed by atoms with Crippen molar-refractivity contribution in [3.8, 4) is 0 Å². The fraction of sp³-hybridized carbons (Fsp3) is 0.333. The van der Waals surface area contributed by atoms with Gasteiger partial charge in [0.2, 0.25) is 0 Å². The molecule has 0 aliphatic rings. The molecule has 13 heavy (non-hydrogen) atoms. The van der Waals surface area contributed by atoms with Gasteiger partial charge in [-0.1, -0.05) is 23.2 Å². The Balaban J connectivity index is 2.71. The predicted molar refractivity (Wildman–Crippen MR) is 55.2 cm³/mol. The average molecular weight is 260 g/mol. The van der Waals surface area contributed by atoms with E-state index in [9.17, 15) is 4.79 Å². The molecule has 1 aromatic rings. The van der Waals surface area contributed by atoms with E-state index in [0.717, 1.165) is 11.5 Å². The lowest BCUT2D eigenvalue weighted by Gasteiger charge is -1.98. The summed E-state index contributed by atoms with van der Waals surface area (Å²) in [7, 11) is 0. The summed E-state index contributed by atoms with van der Waals surface area (Å²) in [6, 6.07) is 0. The minimum atomic E-state index is -0.296. The maximum Gasteiger partial charge on any atom is 0.264 e. The highest BCUT2D eigenvalue weighted by atomic mass is 35.5. The largest absolute Gasteiger partial charge is 0.350 e. The molecular formula is C6H5Cl3N2OS. The zero-order valence-corrected chi connectivity index (χ0v) is 9.40. The molecule has 0 atom stereocenters. The Morgan fingerprint density at radius 1 is 1.54 bits per heavy atom. The monoisotopic (exact) mass is 258 g/mol. The first-order valence-electron chi connectivity index (χ1n) is 3.31. The summed E-state index contributed by atoms with van der Waals surface area (Å²) < 4.78 is 3.73. The molecule has 1 rings (SSSR count). The van der Waals surface area contributed by atoms with E-state index in [4.69, 9.17) is 34.8 Å². The van der Waals surface area contributed by atoms with Gasteiger partial charge in [-0.25, -0.2) is 0 Å². The third kappa shape index (κ3) is 2.71. The van der Waals surface area contributed by atoms with Crippen LogP contribution in [-0.4, -0.2) is 22.7 Å². The van der Waals surface area contributed by atoms with Crippen molar-refractivity contribution in [3.63, 3.8) is 0 Å². The van der Waals surface area contributed by atoms with Crippen molar-refractivity contribution in [3.05, 3.63) is 15.1 Å². The quantitative estimate of drug-likeness (QED) is 0.847. The summed E-state index contributed by atoms with van der Waals surface area (Å²) >= 11 is 17.6. The second-order valence-electron chi connectivity index (χ2n) is 2.06. The van der Waals surface area contributed by atoms with Gasteiger partial charge in [-0.2, -0.15) is 4.37 Å². The van der Waals surface area contributed by atoms with Crippen LogP contribution in [-0.2, 0) is 0 Å². The summed E-state index contributed by atoms with van der Waals surface area (Å²) in [6.45, 7) is 0.395. The molecule has 0 aliphatic heterocycles. The van der Waals surface area contributed by atoms with E-state index in [0.29, 0.717) is 17.3 Å². The zero-order valence-electron chi connectivity index (χ0n) is 6.31. The lowest BCUT2D eigenvalue weighted by atomic mass is 10.4. The Hall–Kier alpha value is -0.0300. The molecule has 72 valence electrons. The average Bonchev–Trinajstić information content (AvgIpc) is 2.44. The van der Waals surface area contributed by atoms with E-state index in [1.165, 1.54) is 0 Å². The van der Waals surface area contributed by atoms with Crippen molar-refractivity contribution in [1.29, 1.82) is 0 Å². The van der Waals surface area contributed by atoms with Crippen molar-refractivity contribution in [2.24, 2.45) is 0 Å². The van der Waals surface area contributed by atoms with E-state index in [1.54, 1.807) is 0 Å². The smallest absolute Gasteiger partial charge is 0.264 e. The number of alkyl halides is 1. The second-order valence-corrected chi connectivity index (χ2v) is 3.95. The van der Waals surface area contributed by atoms with Gasteiger partial charge in [0.25, 0.3) is 5.91 Å². The fourth-order valence-electron chi connectivity index (χ4n) is 0.642. The first-order valence-corrected chi connectivity index (χ1v) is 5.38. The minimum absolute atomic E-state index is 0.155. The third-order valence-corrected chi connectivity index (χ3v) is 3.17. The van der Waals surface area contributed by atoms with Gasteiger partial charge in [-0.15, -0.1) is 11.6 Å². The van der Waals surface area contributed by atoms with Crippen molar-refractivity contribution in [2.75, 3.05) is 12.4 Å². The van der Waals surface area contributed by atoms with Crippen molar-refractivity contribution >= 4 is 52.2 Å². The fourth-order valence-corrected chi connectivity index (χ4v) is 1.87. The first kappa shape index (κ1) is 11.0. The van der Waals surface area contributed by atoms with Gasteiger partial charge in [-0.05, 0) is 11.5 Å². The second kappa shape index (κ2) is 5.00. The van der Waals surface area contributed by atoms with Crippen LogP contribution in [0.1, 0.15) is 9.67 Å². The molecule has 1 N–H and O–H groups in total. The normalized spacial score (nSPS) is 10.1. The SMILES string of the molecule is O=C(NCCCl)c1snc(Cl)c1Cl. The lowest BCUT2D eigenvalue weighted by molar-refractivity contribution is 0.0960.